The molecule has 0 bridgehead atoms. The van der Waals surface area contributed by atoms with E-state index in [0.717, 1.165) is 4.47 Å². The van der Waals surface area contributed by atoms with Crippen molar-refractivity contribution in [3.05, 3.63) is 100 Å². The number of carbonyl (C=O) groups excluding carboxylic acids is 1. The van der Waals surface area contributed by atoms with Crippen molar-refractivity contribution >= 4 is 33.9 Å². The zero-order chi connectivity index (χ0) is 19.9. The van der Waals surface area contributed by atoms with Crippen LogP contribution in [0.4, 0.5) is 0 Å². The highest BCUT2D eigenvalue weighted by Crippen LogP contribution is 2.29. The number of ether oxygens (including phenoxy) is 1. The SMILES string of the molecule is O=C(O)C(=Cc1ccc(Oc2ccccc2Br)cc1)NC(=O)c1ccccc1. The number of halogens is 1. The molecule has 0 saturated heterocycles. The number of hydrogen-bond donors (Lipinski definition) is 2. The Morgan fingerprint density at radius 3 is 2.18 bits per heavy atom. The highest BCUT2D eigenvalue weighted by atomic mass is 79.9. The molecule has 3 aromatic rings. The lowest BCUT2D eigenvalue weighted by Crippen LogP contribution is -2.27. The quantitative estimate of drug-likeness (QED) is 0.526. The first-order valence-electron chi connectivity index (χ1n) is 8.37. The van der Waals surface area contributed by atoms with Gasteiger partial charge in [-0.1, -0.05) is 42.5 Å². The Balaban J connectivity index is 1.75. The Kier molecular flexibility index (Phi) is 6.24. The van der Waals surface area contributed by atoms with Gasteiger partial charge in [-0.15, -0.1) is 0 Å². The van der Waals surface area contributed by atoms with Crippen molar-refractivity contribution in [1.82, 2.24) is 5.32 Å². The number of nitrogens with one attached hydrogen (secondary N) is 1. The minimum atomic E-state index is -1.22. The second-order valence-corrected chi connectivity index (χ2v) is 6.64. The van der Waals surface area contributed by atoms with Crippen molar-refractivity contribution in [2.75, 3.05) is 0 Å². The summed E-state index contributed by atoms with van der Waals surface area (Å²) >= 11 is 3.42. The van der Waals surface area contributed by atoms with Crippen LogP contribution in [0.15, 0.2) is 89.0 Å². The predicted octanol–water partition coefficient (Wildman–Crippen LogP) is 5.10. The second-order valence-electron chi connectivity index (χ2n) is 5.78. The van der Waals surface area contributed by atoms with Crippen LogP contribution in [0.5, 0.6) is 11.5 Å². The monoisotopic (exact) mass is 437 g/mol. The molecule has 0 spiro atoms. The van der Waals surface area contributed by atoms with Crippen molar-refractivity contribution in [1.29, 1.82) is 0 Å². The maximum Gasteiger partial charge on any atom is 0.352 e. The Hall–Kier alpha value is -3.38. The Bertz CT molecular complexity index is 1010. The molecule has 6 heteroatoms. The minimum absolute atomic E-state index is 0.215. The number of benzene rings is 3. The van der Waals surface area contributed by atoms with Crippen LogP contribution in [-0.2, 0) is 4.79 Å². The van der Waals surface area contributed by atoms with Crippen LogP contribution in [0, 0.1) is 0 Å². The molecule has 0 aliphatic carbocycles. The minimum Gasteiger partial charge on any atom is -0.477 e. The Morgan fingerprint density at radius 1 is 0.893 bits per heavy atom. The van der Waals surface area contributed by atoms with E-state index in [2.05, 4.69) is 21.2 Å². The van der Waals surface area contributed by atoms with Crippen LogP contribution in [0.25, 0.3) is 6.08 Å². The summed E-state index contributed by atoms with van der Waals surface area (Å²) < 4.78 is 6.61. The standard InChI is InChI=1S/C22H16BrNO4/c23-18-8-4-5-9-20(18)28-17-12-10-15(11-13-17)14-19(22(26)27)24-21(25)16-6-2-1-3-7-16/h1-14H,(H,24,25)(H,26,27). The fraction of sp³-hybridized carbons (Fsp3) is 0. The number of rotatable bonds is 6. The molecule has 5 nitrogen and oxygen atoms in total. The lowest BCUT2D eigenvalue weighted by Gasteiger charge is -2.08. The summed E-state index contributed by atoms with van der Waals surface area (Å²) in [6.07, 6.45) is 1.39. The maximum atomic E-state index is 12.2. The third-order valence-corrected chi connectivity index (χ3v) is 4.43. The molecule has 3 rings (SSSR count). The molecule has 0 fully saturated rings. The highest BCUT2D eigenvalue weighted by Gasteiger charge is 2.13. The van der Waals surface area contributed by atoms with Crippen LogP contribution in [0.2, 0.25) is 0 Å². The zero-order valence-electron chi connectivity index (χ0n) is 14.6. The first-order valence-corrected chi connectivity index (χ1v) is 9.16. The average Bonchev–Trinajstić information content (AvgIpc) is 2.71. The molecular formula is C22H16BrNO4. The molecule has 0 aliphatic rings. The molecule has 3 aromatic carbocycles. The third-order valence-electron chi connectivity index (χ3n) is 3.77. The number of carbonyl (C=O) groups is 2. The average molecular weight is 438 g/mol. The molecule has 1 amide bonds. The van der Waals surface area contributed by atoms with E-state index in [4.69, 9.17) is 4.74 Å². The van der Waals surface area contributed by atoms with Gasteiger partial charge in [0.2, 0.25) is 0 Å². The second kappa shape index (κ2) is 9.01. The maximum absolute atomic E-state index is 12.2. The van der Waals surface area contributed by atoms with E-state index in [1.165, 1.54) is 6.08 Å². The molecule has 0 atom stereocenters. The summed E-state index contributed by atoms with van der Waals surface area (Å²) in [4.78, 5) is 23.7. The van der Waals surface area contributed by atoms with Gasteiger partial charge in [-0.2, -0.15) is 0 Å². The van der Waals surface area contributed by atoms with Gasteiger partial charge in [0.1, 0.15) is 17.2 Å². The molecule has 0 saturated carbocycles. The molecule has 2 N–H and O–H groups in total. The Labute approximate surface area is 170 Å². The van der Waals surface area contributed by atoms with E-state index in [1.54, 1.807) is 54.6 Å². The van der Waals surface area contributed by atoms with Gasteiger partial charge in [-0.25, -0.2) is 4.79 Å². The lowest BCUT2D eigenvalue weighted by atomic mass is 10.1. The van der Waals surface area contributed by atoms with E-state index < -0.39 is 11.9 Å². The van der Waals surface area contributed by atoms with Gasteiger partial charge < -0.3 is 15.2 Å². The van der Waals surface area contributed by atoms with E-state index in [1.807, 2.05) is 24.3 Å². The predicted molar refractivity (Wildman–Crippen MR) is 110 cm³/mol. The van der Waals surface area contributed by atoms with Crippen molar-refractivity contribution in [3.8, 4) is 11.5 Å². The number of aliphatic carboxylic acids is 1. The van der Waals surface area contributed by atoms with Gasteiger partial charge >= 0.3 is 5.97 Å². The molecule has 28 heavy (non-hydrogen) atoms. The number of carboxylic acids is 1. The van der Waals surface area contributed by atoms with Crippen molar-refractivity contribution in [2.24, 2.45) is 0 Å². The van der Waals surface area contributed by atoms with Crippen molar-refractivity contribution in [2.45, 2.75) is 0 Å². The summed E-state index contributed by atoms with van der Waals surface area (Å²) in [5.74, 6) is -0.428. The summed E-state index contributed by atoms with van der Waals surface area (Å²) in [5.41, 5.74) is 0.783. The topological polar surface area (TPSA) is 75.6 Å². The highest BCUT2D eigenvalue weighted by molar-refractivity contribution is 9.10. The normalized spacial score (nSPS) is 11.0. The molecule has 0 radical (unpaired) electrons. The van der Waals surface area contributed by atoms with Crippen LogP contribution in [0.3, 0.4) is 0 Å². The zero-order valence-corrected chi connectivity index (χ0v) is 16.2. The largest absolute Gasteiger partial charge is 0.477 e. The Morgan fingerprint density at radius 2 is 1.54 bits per heavy atom. The van der Waals surface area contributed by atoms with E-state index in [9.17, 15) is 14.7 Å². The van der Waals surface area contributed by atoms with Gasteiger partial charge in [0.15, 0.2) is 0 Å². The van der Waals surface area contributed by atoms with Gasteiger partial charge in [0.25, 0.3) is 5.91 Å². The first kappa shape index (κ1) is 19.4. The van der Waals surface area contributed by atoms with E-state index >= 15 is 0 Å². The summed E-state index contributed by atoms with van der Waals surface area (Å²) in [6.45, 7) is 0. The van der Waals surface area contributed by atoms with Gasteiger partial charge in [-0.3, -0.25) is 4.79 Å². The third kappa shape index (κ3) is 5.08. The van der Waals surface area contributed by atoms with Crippen LogP contribution in [0.1, 0.15) is 15.9 Å². The molecular weight excluding hydrogens is 422 g/mol. The first-order chi connectivity index (χ1) is 13.5. The number of amides is 1. The summed E-state index contributed by atoms with van der Waals surface area (Å²) in [5, 5.41) is 11.8. The number of hydrogen-bond acceptors (Lipinski definition) is 3. The smallest absolute Gasteiger partial charge is 0.352 e. The van der Waals surface area contributed by atoms with Crippen molar-refractivity contribution in [3.63, 3.8) is 0 Å². The van der Waals surface area contributed by atoms with Crippen LogP contribution < -0.4 is 10.1 Å². The van der Waals surface area contributed by atoms with Gasteiger partial charge in [-0.05, 0) is 64.0 Å². The van der Waals surface area contributed by atoms with Gasteiger partial charge in [0.05, 0.1) is 4.47 Å². The molecule has 0 heterocycles. The van der Waals surface area contributed by atoms with Crippen molar-refractivity contribution < 1.29 is 19.4 Å². The molecule has 140 valence electrons. The van der Waals surface area contributed by atoms with E-state index in [-0.39, 0.29) is 5.70 Å². The lowest BCUT2D eigenvalue weighted by molar-refractivity contribution is -0.132. The molecule has 0 unspecified atom stereocenters. The van der Waals surface area contributed by atoms with Crippen LogP contribution in [-0.4, -0.2) is 17.0 Å². The molecule has 0 aliphatic heterocycles. The fourth-order valence-electron chi connectivity index (χ4n) is 2.39. The number of carboxylic acid groups (broad SMARTS) is 1. The van der Waals surface area contributed by atoms with Crippen LogP contribution >= 0.6 is 15.9 Å². The molecule has 0 aromatic heterocycles. The fourth-order valence-corrected chi connectivity index (χ4v) is 2.75. The summed E-state index contributed by atoms with van der Waals surface area (Å²) in [6, 6.07) is 22.8. The number of para-hydroxylation sites is 1. The van der Waals surface area contributed by atoms with E-state index in [0.29, 0.717) is 22.6 Å². The summed E-state index contributed by atoms with van der Waals surface area (Å²) in [7, 11) is 0. The van der Waals surface area contributed by atoms with Gasteiger partial charge in [0, 0.05) is 5.56 Å².